The number of hydrogen-bond donors (Lipinski definition) is 1. The predicted molar refractivity (Wildman–Crippen MR) is 80.7 cm³/mol. The maximum absolute atomic E-state index is 4.63. The summed E-state index contributed by atoms with van der Waals surface area (Å²) >= 11 is 0. The Labute approximate surface area is 120 Å². The third kappa shape index (κ3) is 2.73. The molecule has 0 fully saturated rings. The molecule has 3 heteroatoms. The largest absolute Gasteiger partial charge is 0.313 e. The molecule has 0 aliphatic heterocycles. The molecule has 104 valence electrons. The van der Waals surface area contributed by atoms with Crippen LogP contribution in [0.25, 0.3) is 0 Å². The molecule has 0 amide bonds. The van der Waals surface area contributed by atoms with E-state index in [1.54, 1.807) is 0 Å². The molecule has 2 aromatic rings. The summed E-state index contributed by atoms with van der Waals surface area (Å²) < 4.78 is 0. The third-order valence-electron chi connectivity index (χ3n) is 4.11. The van der Waals surface area contributed by atoms with Gasteiger partial charge in [0.05, 0.1) is 0 Å². The van der Waals surface area contributed by atoms with E-state index < -0.39 is 0 Å². The number of hydrogen-bond acceptors (Lipinski definition) is 3. The number of likely N-dealkylation sites (N-methyl/N-ethyl adjacent to an activating group) is 1. The Balaban J connectivity index is 1.81. The Hall–Kier alpha value is -1.74. The Morgan fingerprint density at radius 2 is 2.10 bits per heavy atom. The number of rotatable bonds is 5. The van der Waals surface area contributed by atoms with Crippen molar-refractivity contribution in [1.82, 2.24) is 15.3 Å². The summed E-state index contributed by atoms with van der Waals surface area (Å²) in [6.07, 6.45) is 7.10. The standard InChI is InChI=1S/C17H21N3/c1-2-18-16(12-14-7-3-4-10-19-14)15-9-8-13-6-5-11-20-17(13)15/h3-7,10-11,15-16,18H,2,8-9,12H2,1H3. The summed E-state index contributed by atoms with van der Waals surface area (Å²) in [5, 5.41) is 3.63. The van der Waals surface area contributed by atoms with Gasteiger partial charge < -0.3 is 5.32 Å². The molecule has 1 aliphatic rings. The molecule has 0 saturated carbocycles. The van der Waals surface area contributed by atoms with Gasteiger partial charge in [0.25, 0.3) is 0 Å². The predicted octanol–water partition coefficient (Wildman–Crippen LogP) is 2.73. The van der Waals surface area contributed by atoms with Crippen molar-refractivity contribution in [3.8, 4) is 0 Å². The average molecular weight is 267 g/mol. The van der Waals surface area contributed by atoms with Crippen molar-refractivity contribution in [3.05, 3.63) is 59.7 Å². The van der Waals surface area contributed by atoms with Crippen LogP contribution in [0.1, 0.15) is 36.2 Å². The Bertz CT molecular complexity index is 553. The zero-order chi connectivity index (χ0) is 13.8. The van der Waals surface area contributed by atoms with Crippen LogP contribution in [-0.4, -0.2) is 22.6 Å². The molecule has 2 atom stereocenters. The van der Waals surface area contributed by atoms with Crippen LogP contribution in [0, 0.1) is 0 Å². The van der Waals surface area contributed by atoms with E-state index in [0.717, 1.165) is 25.1 Å². The summed E-state index contributed by atoms with van der Waals surface area (Å²) in [5.41, 5.74) is 3.86. The van der Waals surface area contributed by atoms with Crippen LogP contribution in [0.3, 0.4) is 0 Å². The molecule has 3 rings (SSSR count). The summed E-state index contributed by atoms with van der Waals surface area (Å²) in [6, 6.07) is 10.8. The van der Waals surface area contributed by atoms with Crippen LogP contribution in [0.15, 0.2) is 42.7 Å². The lowest BCUT2D eigenvalue weighted by molar-refractivity contribution is 0.426. The first-order chi connectivity index (χ1) is 9.88. The topological polar surface area (TPSA) is 37.8 Å². The van der Waals surface area contributed by atoms with Crippen LogP contribution in [0.4, 0.5) is 0 Å². The fourth-order valence-corrected chi connectivity index (χ4v) is 3.20. The van der Waals surface area contributed by atoms with E-state index in [1.165, 1.54) is 17.7 Å². The first kappa shape index (κ1) is 13.3. The maximum Gasteiger partial charge on any atom is 0.0482 e. The van der Waals surface area contributed by atoms with Crippen molar-refractivity contribution in [2.45, 2.75) is 38.1 Å². The van der Waals surface area contributed by atoms with Gasteiger partial charge >= 0.3 is 0 Å². The van der Waals surface area contributed by atoms with E-state index in [0.29, 0.717) is 12.0 Å². The van der Waals surface area contributed by atoms with Gasteiger partial charge in [-0.25, -0.2) is 0 Å². The Kier molecular flexibility index (Phi) is 4.07. The molecule has 2 unspecified atom stereocenters. The Morgan fingerprint density at radius 3 is 2.90 bits per heavy atom. The molecule has 1 aliphatic carbocycles. The lowest BCUT2D eigenvalue weighted by Crippen LogP contribution is -2.36. The molecule has 0 radical (unpaired) electrons. The van der Waals surface area contributed by atoms with Crippen molar-refractivity contribution in [1.29, 1.82) is 0 Å². The highest BCUT2D eigenvalue weighted by Crippen LogP contribution is 2.34. The van der Waals surface area contributed by atoms with Gasteiger partial charge in [0, 0.05) is 42.2 Å². The summed E-state index contributed by atoms with van der Waals surface area (Å²) in [5.74, 6) is 0.508. The molecule has 0 spiro atoms. The normalized spacial score (nSPS) is 18.8. The first-order valence-corrected chi connectivity index (χ1v) is 7.45. The SMILES string of the molecule is CCNC(Cc1ccccn1)C1CCc2cccnc21. The zero-order valence-corrected chi connectivity index (χ0v) is 11.9. The second-order valence-electron chi connectivity index (χ2n) is 5.38. The van der Waals surface area contributed by atoms with Gasteiger partial charge in [-0.3, -0.25) is 9.97 Å². The van der Waals surface area contributed by atoms with Crippen molar-refractivity contribution in [2.75, 3.05) is 6.54 Å². The van der Waals surface area contributed by atoms with E-state index >= 15 is 0 Å². The first-order valence-electron chi connectivity index (χ1n) is 7.45. The smallest absolute Gasteiger partial charge is 0.0482 e. The number of aromatic nitrogens is 2. The quantitative estimate of drug-likeness (QED) is 0.905. The van der Waals surface area contributed by atoms with Crippen molar-refractivity contribution < 1.29 is 0 Å². The minimum absolute atomic E-state index is 0.422. The molecule has 2 aromatic heterocycles. The van der Waals surface area contributed by atoms with Gasteiger partial charge in [-0.15, -0.1) is 0 Å². The molecule has 3 nitrogen and oxygen atoms in total. The fourth-order valence-electron chi connectivity index (χ4n) is 3.20. The second-order valence-corrected chi connectivity index (χ2v) is 5.38. The molecule has 0 aromatic carbocycles. The van der Waals surface area contributed by atoms with Crippen molar-refractivity contribution in [2.24, 2.45) is 0 Å². The van der Waals surface area contributed by atoms with Crippen molar-refractivity contribution >= 4 is 0 Å². The molecular formula is C17H21N3. The number of nitrogens with one attached hydrogen (secondary N) is 1. The molecule has 2 heterocycles. The van der Waals surface area contributed by atoms with Crippen LogP contribution in [0.2, 0.25) is 0 Å². The van der Waals surface area contributed by atoms with E-state index in [1.807, 2.05) is 24.5 Å². The summed E-state index contributed by atoms with van der Waals surface area (Å²) in [7, 11) is 0. The van der Waals surface area contributed by atoms with Gasteiger partial charge in [-0.05, 0) is 43.1 Å². The zero-order valence-electron chi connectivity index (χ0n) is 11.9. The van der Waals surface area contributed by atoms with Crippen LogP contribution < -0.4 is 5.32 Å². The monoisotopic (exact) mass is 267 g/mol. The maximum atomic E-state index is 4.63. The van der Waals surface area contributed by atoms with Crippen LogP contribution in [0.5, 0.6) is 0 Å². The van der Waals surface area contributed by atoms with Crippen LogP contribution in [-0.2, 0) is 12.8 Å². The van der Waals surface area contributed by atoms with Crippen molar-refractivity contribution in [3.63, 3.8) is 0 Å². The minimum Gasteiger partial charge on any atom is -0.313 e. The van der Waals surface area contributed by atoms with E-state index in [2.05, 4.69) is 40.4 Å². The summed E-state index contributed by atoms with van der Waals surface area (Å²) in [6.45, 7) is 3.15. The second kappa shape index (κ2) is 6.14. The number of aryl methyl sites for hydroxylation is 1. The number of fused-ring (bicyclic) bond motifs is 1. The van der Waals surface area contributed by atoms with Gasteiger partial charge in [0.2, 0.25) is 0 Å². The lowest BCUT2D eigenvalue weighted by atomic mass is 9.92. The molecule has 20 heavy (non-hydrogen) atoms. The highest BCUT2D eigenvalue weighted by molar-refractivity contribution is 5.30. The molecule has 0 bridgehead atoms. The van der Waals surface area contributed by atoms with E-state index in [-0.39, 0.29) is 0 Å². The van der Waals surface area contributed by atoms with Gasteiger partial charge in [-0.1, -0.05) is 19.1 Å². The lowest BCUT2D eigenvalue weighted by Gasteiger charge is -2.24. The minimum atomic E-state index is 0.422. The number of nitrogens with zero attached hydrogens (tertiary/aromatic N) is 2. The third-order valence-corrected chi connectivity index (χ3v) is 4.11. The Morgan fingerprint density at radius 1 is 1.20 bits per heavy atom. The average Bonchev–Trinajstić information content (AvgIpc) is 2.92. The molecule has 0 saturated heterocycles. The molecule has 1 N–H and O–H groups in total. The summed E-state index contributed by atoms with van der Waals surface area (Å²) in [4.78, 5) is 9.09. The highest BCUT2D eigenvalue weighted by atomic mass is 14.9. The highest BCUT2D eigenvalue weighted by Gasteiger charge is 2.30. The van der Waals surface area contributed by atoms with Gasteiger partial charge in [-0.2, -0.15) is 0 Å². The van der Waals surface area contributed by atoms with E-state index in [4.69, 9.17) is 0 Å². The van der Waals surface area contributed by atoms with E-state index in [9.17, 15) is 0 Å². The fraction of sp³-hybridized carbons (Fsp3) is 0.412. The van der Waals surface area contributed by atoms with Gasteiger partial charge in [0.1, 0.15) is 0 Å². The number of pyridine rings is 2. The van der Waals surface area contributed by atoms with Crippen LogP contribution >= 0.6 is 0 Å². The molecular weight excluding hydrogens is 246 g/mol. The van der Waals surface area contributed by atoms with Gasteiger partial charge in [0.15, 0.2) is 0 Å².